The third kappa shape index (κ3) is 5.93. The van der Waals surface area contributed by atoms with Crippen LogP contribution < -0.4 is 15.5 Å². The first-order valence-corrected chi connectivity index (χ1v) is 11.1. The van der Waals surface area contributed by atoms with Gasteiger partial charge in [-0.05, 0) is 54.1 Å². The van der Waals surface area contributed by atoms with Crippen LogP contribution in [0.15, 0.2) is 54.6 Å². The lowest BCUT2D eigenvalue weighted by molar-refractivity contribution is 0.0946. The molecule has 1 aliphatic heterocycles. The number of rotatable bonds is 6. The first-order chi connectivity index (χ1) is 16.8. The average molecular weight is 504 g/mol. The van der Waals surface area contributed by atoms with E-state index in [1.165, 1.54) is 6.07 Å². The van der Waals surface area contributed by atoms with Gasteiger partial charge in [0, 0.05) is 31.0 Å². The summed E-state index contributed by atoms with van der Waals surface area (Å²) in [5.41, 5.74) is 1.26. The van der Waals surface area contributed by atoms with Gasteiger partial charge in [0.2, 0.25) is 0 Å². The first kappa shape index (κ1) is 24.6. The lowest BCUT2D eigenvalue weighted by Gasteiger charge is -2.28. The Hall–Kier alpha value is -3.56. The van der Waals surface area contributed by atoms with Crippen LogP contribution in [0.1, 0.15) is 26.3 Å². The molecular formula is C25H21ClF3N3O3. The van der Waals surface area contributed by atoms with E-state index < -0.39 is 34.8 Å². The molecule has 2 amide bonds. The number of hydrogen-bond acceptors (Lipinski definition) is 4. The predicted octanol–water partition coefficient (Wildman–Crippen LogP) is 4.78. The molecule has 1 heterocycles. The van der Waals surface area contributed by atoms with Gasteiger partial charge in [0.25, 0.3) is 11.8 Å². The second-order valence-corrected chi connectivity index (χ2v) is 8.25. The van der Waals surface area contributed by atoms with E-state index in [4.69, 9.17) is 16.3 Å². The summed E-state index contributed by atoms with van der Waals surface area (Å²) in [7, 11) is 0. The number of carbonyl (C=O) groups is 2. The highest BCUT2D eigenvalue weighted by Crippen LogP contribution is 2.24. The normalized spacial score (nSPS) is 13.4. The molecule has 2 N–H and O–H groups in total. The van der Waals surface area contributed by atoms with Gasteiger partial charge in [-0.15, -0.1) is 0 Å². The molecule has 0 radical (unpaired) electrons. The molecule has 0 aromatic heterocycles. The summed E-state index contributed by atoms with van der Waals surface area (Å²) < 4.78 is 46.2. The number of nitrogens with zero attached hydrogens (tertiary/aromatic N) is 1. The summed E-state index contributed by atoms with van der Waals surface area (Å²) >= 11 is 6.07. The average Bonchev–Trinajstić information content (AvgIpc) is 2.85. The molecule has 0 aliphatic carbocycles. The van der Waals surface area contributed by atoms with E-state index in [1.807, 2.05) is 12.1 Å². The minimum absolute atomic E-state index is 0.0942. The van der Waals surface area contributed by atoms with Crippen molar-refractivity contribution >= 4 is 34.8 Å². The summed E-state index contributed by atoms with van der Waals surface area (Å²) in [6, 6.07) is 12.3. The van der Waals surface area contributed by atoms with Gasteiger partial charge in [-0.1, -0.05) is 17.7 Å². The second kappa shape index (κ2) is 10.8. The van der Waals surface area contributed by atoms with Crippen molar-refractivity contribution in [1.82, 2.24) is 5.32 Å². The highest BCUT2D eigenvalue weighted by molar-refractivity contribution is 6.34. The number of hydrogen-bond donors (Lipinski definition) is 2. The Balaban J connectivity index is 1.45. The monoisotopic (exact) mass is 503 g/mol. The summed E-state index contributed by atoms with van der Waals surface area (Å²) in [6.45, 7) is 2.68. The Kier molecular flexibility index (Phi) is 7.57. The fourth-order valence-electron chi connectivity index (χ4n) is 3.60. The molecule has 1 saturated heterocycles. The third-order valence-corrected chi connectivity index (χ3v) is 5.80. The maximum Gasteiger partial charge on any atom is 0.257 e. The van der Waals surface area contributed by atoms with Crippen LogP contribution in [0.3, 0.4) is 0 Å². The molecule has 1 aliphatic rings. The topological polar surface area (TPSA) is 70.7 Å². The van der Waals surface area contributed by atoms with Crippen LogP contribution in [0.5, 0.6) is 0 Å². The molecule has 6 nitrogen and oxygen atoms in total. The number of benzene rings is 3. The number of amides is 2. The van der Waals surface area contributed by atoms with Crippen molar-refractivity contribution in [1.29, 1.82) is 0 Å². The number of nitrogens with one attached hydrogen (secondary N) is 2. The minimum Gasteiger partial charge on any atom is -0.378 e. The van der Waals surface area contributed by atoms with Crippen molar-refractivity contribution in [3.63, 3.8) is 0 Å². The Morgan fingerprint density at radius 1 is 0.857 bits per heavy atom. The number of carbonyl (C=O) groups excluding carboxylic acids is 2. The molecule has 182 valence electrons. The van der Waals surface area contributed by atoms with Gasteiger partial charge in [-0.25, -0.2) is 13.2 Å². The van der Waals surface area contributed by atoms with Crippen molar-refractivity contribution < 1.29 is 27.5 Å². The van der Waals surface area contributed by atoms with Gasteiger partial charge in [-0.2, -0.15) is 0 Å². The zero-order valence-corrected chi connectivity index (χ0v) is 19.2. The number of anilines is 2. The summed E-state index contributed by atoms with van der Waals surface area (Å²) in [6.07, 6.45) is 0. The number of halogens is 4. The maximum absolute atomic E-state index is 14.4. The fourth-order valence-corrected chi connectivity index (χ4v) is 3.84. The third-order valence-electron chi connectivity index (χ3n) is 5.48. The van der Waals surface area contributed by atoms with Crippen molar-refractivity contribution in [3.05, 3.63) is 93.8 Å². The molecule has 0 spiro atoms. The molecule has 10 heteroatoms. The zero-order valence-electron chi connectivity index (χ0n) is 18.4. The maximum atomic E-state index is 14.4. The largest absolute Gasteiger partial charge is 0.378 e. The Morgan fingerprint density at radius 2 is 1.57 bits per heavy atom. The van der Waals surface area contributed by atoms with Gasteiger partial charge >= 0.3 is 0 Å². The summed E-state index contributed by atoms with van der Waals surface area (Å²) in [4.78, 5) is 27.5. The molecule has 0 unspecified atom stereocenters. The van der Waals surface area contributed by atoms with Crippen LogP contribution in [0.25, 0.3) is 0 Å². The van der Waals surface area contributed by atoms with E-state index in [1.54, 1.807) is 12.1 Å². The zero-order chi connectivity index (χ0) is 24.9. The molecular weight excluding hydrogens is 483 g/mol. The van der Waals surface area contributed by atoms with Crippen molar-refractivity contribution in [2.75, 3.05) is 36.5 Å². The molecule has 0 saturated carbocycles. The lowest BCUT2D eigenvalue weighted by atomic mass is 10.1. The Bertz CT molecular complexity index is 1250. The first-order valence-electron chi connectivity index (χ1n) is 10.8. The molecule has 35 heavy (non-hydrogen) atoms. The van der Waals surface area contributed by atoms with E-state index in [0.717, 1.165) is 43.0 Å². The van der Waals surface area contributed by atoms with Gasteiger partial charge in [-0.3, -0.25) is 9.59 Å². The standard InChI is InChI=1S/C25H21ClF3N3O3/c26-20-13-22(28)19(24(33)30-14-15-1-6-21(27)23(29)11-15)12-18(20)25(34)31-16-2-4-17(5-3-16)32-7-9-35-10-8-32/h1-6,11-13H,7-10,14H2,(H,30,33)(H,31,34). The van der Waals surface area contributed by atoms with Crippen LogP contribution in [0.4, 0.5) is 24.5 Å². The number of morpholine rings is 1. The van der Waals surface area contributed by atoms with Crippen LogP contribution >= 0.6 is 11.6 Å². The lowest BCUT2D eigenvalue weighted by Crippen LogP contribution is -2.36. The summed E-state index contributed by atoms with van der Waals surface area (Å²) in [5.74, 6) is -4.47. The molecule has 0 atom stereocenters. The number of ether oxygens (including phenoxy) is 1. The molecule has 3 aromatic carbocycles. The van der Waals surface area contributed by atoms with Crippen LogP contribution in [0.2, 0.25) is 5.02 Å². The second-order valence-electron chi connectivity index (χ2n) is 7.84. The SMILES string of the molecule is O=C(NCc1ccc(F)c(F)c1)c1cc(C(=O)Nc2ccc(N3CCOCC3)cc2)c(Cl)cc1F. The molecule has 0 bridgehead atoms. The van der Waals surface area contributed by atoms with Gasteiger partial charge in [0.05, 0.1) is 29.4 Å². The molecule has 4 rings (SSSR count). The van der Waals surface area contributed by atoms with Crippen molar-refractivity contribution in [2.24, 2.45) is 0 Å². The molecule has 1 fully saturated rings. The van der Waals surface area contributed by atoms with Crippen molar-refractivity contribution in [2.45, 2.75) is 6.54 Å². The van der Waals surface area contributed by atoms with E-state index in [0.29, 0.717) is 18.9 Å². The van der Waals surface area contributed by atoms with Gasteiger partial charge < -0.3 is 20.3 Å². The Labute approximate surface area is 204 Å². The van der Waals surface area contributed by atoms with Gasteiger partial charge in [0.15, 0.2) is 11.6 Å². The van der Waals surface area contributed by atoms with Gasteiger partial charge in [0.1, 0.15) is 5.82 Å². The van der Waals surface area contributed by atoms with E-state index in [-0.39, 0.29) is 22.7 Å². The van der Waals surface area contributed by atoms with E-state index in [2.05, 4.69) is 15.5 Å². The summed E-state index contributed by atoms with van der Waals surface area (Å²) in [5, 5.41) is 4.94. The van der Waals surface area contributed by atoms with Crippen molar-refractivity contribution in [3.8, 4) is 0 Å². The predicted molar refractivity (Wildman–Crippen MR) is 126 cm³/mol. The van der Waals surface area contributed by atoms with Crippen LogP contribution in [0, 0.1) is 17.5 Å². The van der Waals surface area contributed by atoms with Crippen LogP contribution in [-0.4, -0.2) is 38.1 Å². The Morgan fingerprint density at radius 3 is 2.26 bits per heavy atom. The van der Waals surface area contributed by atoms with E-state index in [9.17, 15) is 22.8 Å². The highest BCUT2D eigenvalue weighted by atomic mass is 35.5. The van der Waals surface area contributed by atoms with E-state index >= 15 is 0 Å². The smallest absolute Gasteiger partial charge is 0.257 e. The minimum atomic E-state index is -1.06. The highest BCUT2D eigenvalue weighted by Gasteiger charge is 2.20. The molecule has 3 aromatic rings. The quantitative estimate of drug-likeness (QED) is 0.508. The fraction of sp³-hybridized carbons (Fsp3) is 0.200. The van der Waals surface area contributed by atoms with Crippen LogP contribution in [-0.2, 0) is 11.3 Å².